The van der Waals surface area contributed by atoms with Gasteiger partial charge in [0.1, 0.15) is 0 Å². The molecule has 98 valence electrons. The summed E-state index contributed by atoms with van der Waals surface area (Å²) in [6.45, 7) is 6.10. The summed E-state index contributed by atoms with van der Waals surface area (Å²) in [5, 5.41) is 0. The second-order valence-electron chi connectivity index (χ2n) is 3.65. The van der Waals surface area contributed by atoms with Crippen LogP contribution < -0.4 is 0 Å². The highest BCUT2D eigenvalue weighted by molar-refractivity contribution is 5.24. The van der Waals surface area contributed by atoms with Crippen LogP contribution in [0.15, 0.2) is 24.3 Å². The fraction of sp³-hybridized carbons (Fsp3) is 0.571. The number of hydrogen-bond donors (Lipinski definition) is 0. The lowest BCUT2D eigenvalue weighted by Crippen LogP contribution is -2.04. The molecule has 1 rings (SSSR count). The Balaban J connectivity index is 0.00000121. The first kappa shape index (κ1) is 16.0. The molecule has 0 nitrogen and oxygen atoms in total. The lowest BCUT2D eigenvalue weighted by atomic mass is 10.1. The van der Waals surface area contributed by atoms with Gasteiger partial charge in [-0.2, -0.15) is 13.2 Å². The van der Waals surface area contributed by atoms with E-state index < -0.39 is 11.7 Å². The Morgan fingerprint density at radius 3 is 1.88 bits per heavy atom. The molecule has 0 spiro atoms. The van der Waals surface area contributed by atoms with E-state index in [4.69, 9.17) is 0 Å². The molecule has 0 bridgehead atoms. The third-order valence-corrected chi connectivity index (χ3v) is 2.35. The van der Waals surface area contributed by atoms with Gasteiger partial charge in [0.05, 0.1) is 5.56 Å². The van der Waals surface area contributed by atoms with Crippen LogP contribution >= 0.6 is 0 Å². The average Bonchev–Trinajstić information content (AvgIpc) is 2.32. The smallest absolute Gasteiger partial charge is 0.166 e. The summed E-state index contributed by atoms with van der Waals surface area (Å²) in [5.74, 6) is 0. The summed E-state index contributed by atoms with van der Waals surface area (Å²) in [4.78, 5) is 0. The summed E-state index contributed by atoms with van der Waals surface area (Å²) >= 11 is 0. The lowest BCUT2D eigenvalue weighted by Gasteiger charge is -2.07. The van der Waals surface area contributed by atoms with E-state index in [9.17, 15) is 13.2 Å². The van der Waals surface area contributed by atoms with E-state index in [2.05, 4.69) is 6.92 Å². The first-order valence-electron chi connectivity index (χ1n) is 6.20. The maximum atomic E-state index is 12.2. The number of hydrogen-bond acceptors (Lipinski definition) is 0. The van der Waals surface area contributed by atoms with E-state index in [1.54, 1.807) is 12.1 Å². The van der Waals surface area contributed by atoms with Gasteiger partial charge in [-0.05, 0) is 30.5 Å². The Morgan fingerprint density at radius 1 is 0.941 bits per heavy atom. The largest absolute Gasteiger partial charge is 0.416 e. The number of halogens is 3. The van der Waals surface area contributed by atoms with Gasteiger partial charge in [0.25, 0.3) is 0 Å². The van der Waals surface area contributed by atoms with Crippen molar-refractivity contribution in [3.8, 4) is 0 Å². The van der Waals surface area contributed by atoms with Crippen LogP contribution in [-0.4, -0.2) is 0 Å². The molecule has 17 heavy (non-hydrogen) atoms. The monoisotopic (exact) mass is 246 g/mol. The van der Waals surface area contributed by atoms with Crippen molar-refractivity contribution in [2.75, 3.05) is 0 Å². The van der Waals surface area contributed by atoms with Crippen molar-refractivity contribution >= 4 is 0 Å². The average molecular weight is 246 g/mol. The maximum Gasteiger partial charge on any atom is 0.416 e. The van der Waals surface area contributed by atoms with Crippen molar-refractivity contribution < 1.29 is 13.2 Å². The van der Waals surface area contributed by atoms with Crippen LogP contribution in [0.4, 0.5) is 13.2 Å². The maximum absolute atomic E-state index is 12.2. The van der Waals surface area contributed by atoms with Gasteiger partial charge in [-0.3, -0.25) is 0 Å². The summed E-state index contributed by atoms with van der Waals surface area (Å²) in [6, 6.07) is 5.44. The molecule has 0 aromatic heterocycles. The highest BCUT2D eigenvalue weighted by Crippen LogP contribution is 2.29. The zero-order valence-electron chi connectivity index (χ0n) is 10.8. The van der Waals surface area contributed by atoms with Crippen molar-refractivity contribution in [1.82, 2.24) is 0 Å². The highest BCUT2D eigenvalue weighted by atomic mass is 19.4. The molecule has 0 atom stereocenters. The summed E-state index contributed by atoms with van der Waals surface area (Å²) in [7, 11) is 0. The molecular weight excluding hydrogens is 225 g/mol. The van der Waals surface area contributed by atoms with Gasteiger partial charge in [0.15, 0.2) is 0 Å². The lowest BCUT2D eigenvalue weighted by molar-refractivity contribution is -0.137. The SMILES string of the molecule is CC.CCCCCc1ccc(C(F)(F)F)cc1. The number of rotatable bonds is 4. The fourth-order valence-electron chi connectivity index (χ4n) is 1.44. The van der Waals surface area contributed by atoms with E-state index in [1.165, 1.54) is 0 Å². The minimum atomic E-state index is -4.22. The number of benzene rings is 1. The molecule has 0 heterocycles. The minimum absolute atomic E-state index is 0.568. The van der Waals surface area contributed by atoms with Crippen molar-refractivity contribution in [3.05, 3.63) is 35.4 Å². The van der Waals surface area contributed by atoms with E-state index in [-0.39, 0.29) is 0 Å². The molecule has 0 N–H and O–H groups in total. The van der Waals surface area contributed by atoms with Gasteiger partial charge in [0, 0.05) is 0 Å². The van der Waals surface area contributed by atoms with Crippen LogP contribution in [0.25, 0.3) is 0 Å². The van der Waals surface area contributed by atoms with Gasteiger partial charge in [-0.25, -0.2) is 0 Å². The Morgan fingerprint density at radius 2 is 1.47 bits per heavy atom. The van der Waals surface area contributed by atoms with Gasteiger partial charge in [-0.1, -0.05) is 45.7 Å². The first-order chi connectivity index (χ1) is 8.04. The van der Waals surface area contributed by atoms with E-state index in [1.807, 2.05) is 13.8 Å². The zero-order chi connectivity index (χ0) is 13.3. The summed E-state index contributed by atoms with van der Waals surface area (Å²) in [5.41, 5.74) is 0.415. The standard InChI is InChI=1S/C12H15F3.C2H6/c1-2-3-4-5-10-6-8-11(9-7-10)12(13,14)15;1-2/h6-9H,2-5H2,1H3;1-2H3. The Kier molecular flexibility index (Phi) is 7.68. The fourth-order valence-corrected chi connectivity index (χ4v) is 1.44. The molecule has 1 aromatic carbocycles. The van der Waals surface area contributed by atoms with E-state index in [0.29, 0.717) is 0 Å². The van der Waals surface area contributed by atoms with Crippen LogP contribution in [0.3, 0.4) is 0 Å². The third-order valence-electron chi connectivity index (χ3n) is 2.35. The number of alkyl halides is 3. The van der Waals surface area contributed by atoms with Crippen LogP contribution in [0.5, 0.6) is 0 Å². The molecule has 0 saturated heterocycles. The molecule has 0 saturated carbocycles. The van der Waals surface area contributed by atoms with Crippen LogP contribution in [-0.2, 0) is 12.6 Å². The molecular formula is C14H21F3. The van der Waals surface area contributed by atoms with E-state index >= 15 is 0 Å². The molecule has 0 amide bonds. The van der Waals surface area contributed by atoms with Crippen molar-refractivity contribution in [2.45, 2.75) is 52.6 Å². The molecule has 0 radical (unpaired) electrons. The first-order valence-corrected chi connectivity index (χ1v) is 6.20. The molecule has 1 aromatic rings. The third kappa shape index (κ3) is 6.35. The second kappa shape index (κ2) is 8.15. The van der Waals surface area contributed by atoms with Crippen molar-refractivity contribution in [3.63, 3.8) is 0 Å². The Bertz CT molecular complexity index is 285. The minimum Gasteiger partial charge on any atom is -0.166 e. The van der Waals surface area contributed by atoms with Crippen molar-refractivity contribution in [1.29, 1.82) is 0 Å². The Hall–Kier alpha value is -0.990. The predicted octanol–water partition coefficient (Wildman–Crippen LogP) is 5.46. The topological polar surface area (TPSA) is 0 Å². The Labute approximate surface area is 102 Å². The molecule has 0 fully saturated rings. The normalized spacial score (nSPS) is 10.7. The predicted molar refractivity (Wildman–Crippen MR) is 66.0 cm³/mol. The van der Waals surface area contributed by atoms with Gasteiger partial charge < -0.3 is 0 Å². The molecule has 3 heteroatoms. The zero-order valence-corrected chi connectivity index (χ0v) is 10.8. The highest BCUT2D eigenvalue weighted by Gasteiger charge is 2.29. The van der Waals surface area contributed by atoms with Crippen LogP contribution in [0.2, 0.25) is 0 Å². The van der Waals surface area contributed by atoms with E-state index in [0.717, 1.165) is 43.4 Å². The molecule has 0 unspecified atom stereocenters. The molecule has 0 aliphatic heterocycles. The summed E-state index contributed by atoms with van der Waals surface area (Å²) in [6.07, 6.45) is -0.0581. The molecule has 0 aliphatic rings. The van der Waals surface area contributed by atoms with Crippen molar-refractivity contribution in [2.24, 2.45) is 0 Å². The summed E-state index contributed by atoms with van der Waals surface area (Å²) < 4.78 is 36.7. The number of aryl methyl sites for hydroxylation is 1. The van der Waals surface area contributed by atoms with Gasteiger partial charge >= 0.3 is 6.18 Å². The number of unbranched alkanes of at least 4 members (excludes halogenated alkanes) is 2. The quantitative estimate of drug-likeness (QED) is 0.618. The molecule has 0 aliphatic carbocycles. The van der Waals surface area contributed by atoms with Gasteiger partial charge in [-0.15, -0.1) is 0 Å². The second-order valence-corrected chi connectivity index (χ2v) is 3.65. The van der Waals surface area contributed by atoms with Gasteiger partial charge in [0.2, 0.25) is 0 Å². The van der Waals surface area contributed by atoms with Crippen LogP contribution in [0, 0.1) is 0 Å². The van der Waals surface area contributed by atoms with Crippen LogP contribution in [0.1, 0.15) is 51.2 Å².